The lowest BCUT2D eigenvalue weighted by atomic mass is 10.2. The van der Waals surface area contributed by atoms with Gasteiger partial charge >= 0.3 is 0 Å². The normalized spacial score (nSPS) is 10.6. The predicted molar refractivity (Wildman–Crippen MR) is 99.0 cm³/mol. The molecular weight excluding hydrogens is 370 g/mol. The molecule has 1 aromatic heterocycles. The number of anilines is 2. The third-order valence-corrected chi connectivity index (χ3v) is 4.01. The molecule has 122 valence electrons. The van der Waals surface area contributed by atoms with E-state index in [4.69, 9.17) is 0 Å². The van der Waals surface area contributed by atoms with E-state index in [0.29, 0.717) is 11.4 Å². The van der Waals surface area contributed by atoms with Crippen LogP contribution in [-0.2, 0) is 16.1 Å². The highest BCUT2D eigenvalue weighted by Crippen LogP contribution is 2.21. The van der Waals surface area contributed by atoms with E-state index >= 15 is 0 Å². The summed E-state index contributed by atoms with van der Waals surface area (Å²) in [4.78, 5) is 23.4. The van der Waals surface area contributed by atoms with Crippen LogP contribution in [0.5, 0.6) is 0 Å². The Morgan fingerprint density at radius 2 is 1.79 bits per heavy atom. The molecule has 2 N–H and O–H groups in total. The Bertz CT molecular complexity index is 918. The number of nitrogens with zero attached hydrogens (tertiary/aromatic N) is 1. The maximum atomic E-state index is 12.3. The van der Waals surface area contributed by atoms with Gasteiger partial charge in [0.25, 0.3) is 0 Å². The Labute approximate surface area is 147 Å². The number of carbonyl (C=O) groups is 2. The molecule has 6 heteroatoms. The zero-order valence-corrected chi connectivity index (χ0v) is 14.6. The number of rotatable bonds is 4. The van der Waals surface area contributed by atoms with Gasteiger partial charge in [-0.25, -0.2) is 0 Å². The Balaban J connectivity index is 1.73. The number of fused-ring (bicyclic) bond motifs is 1. The number of hydrogen-bond acceptors (Lipinski definition) is 2. The Morgan fingerprint density at radius 1 is 1.04 bits per heavy atom. The molecule has 0 unspecified atom stereocenters. The molecule has 5 nitrogen and oxygen atoms in total. The molecule has 2 aromatic carbocycles. The fraction of sp³-hybridized carbons (Fsp3) is 0.111. The first-order valence-electron chi connectivity index (χ1n) is 7.43. The number of nitrogens with one attached hydrogen (secondary N) is 2. The van der Waals surface area contributed by atoms with Gasteiger partial charge in [-0.3, -0.25) is 9.59 Å². The third kappa shape index (κ3) is 3.83. The average molecular weight is 386 g/mol. The standard InChI is InChI=1S/C18H16BrN3O2/c1-12(23)20-15-3-2-4-16(10-15)21-18(24)11-22-8-7-13-5-6-14(19)9-17(13)22/h2-10H,11H2,1H3,(H,20,23)(H,21,24). The number of hydrogen-bond donors (Lipinski definition) is 2. The van der Waals surface area contributed by atoms with Crippen molar-refractivity contribution < 1.29 is 9.59 Å². The van der Waals surface area contributed by atoms with Crippen molar-refractivity contribution in [2.24, 2.45) is 0 Å². The third-order valence-electron chi connectivity index (χ3n) is 3.52. The summed E-state index contributed by atoms with van der Waals surface area (Å²) in [6.07, 6.45) is 1.89. The van der Waals surface area contributed by atoms with Crippen molar-refractivity contribution in [1.82, 2.24) is 4.57 Å². The van der Waals surface area contributed by atoms with Crippen LogP contribution < -0.4 is 10.6 Å². The van der Waals surface area contributed by atoms with Gasteiger partial charge in [0.1, 0.15) is 6.54 Å². The summed E-state index contributed by atoms with van der Waals surface area (Å²) in [5.74, 6) is -0.282. The summed E-state index contributed by atoms with van der Waals surface area (Å²) in [5, 5.41) is 6.63. The quantitative estimate of drug-likeness (QED) is 0.712. The molecule has 0 aliphatic heterocycles. The molecule has 0 atom stereocenters. The van der Waals surface area contributed by atoms with Crippen LogP contribution in [0.25, 0.3) is 10.9 Å². The first kappa shape index (κ1) is 16.3. The molecule has 0 spiro atoms. The molecule has 3 rings (SSSR count). The second-order valence-corrected chi connectivity index (χ2v) is 6.37. The maximum Gasteiger partial charge on any atom is 0.244 e. The highest BCUT2D eigenvalue weighted by atomic mass is 79.9. The van der Waals surface area contributed by atoms with Crippen LogP contribution in [0.4, 0.5) is 11.4 Å². The van der Waals surface area contributed by atoms with Gasteiger partial charge in [0.15, 0.2) is 0 Å². The molecule has 0 saturated heterocycles. The molecule has 24 heavy (non-hydrogen) atoms. The van der Waals surface area contributed by atoms with E-state index in [1.54, 1.807) is 24.3 Å². The Kier molecular flexibility index (Phi) is 4.66. The van der Waals surface area contributed by atoms with Gasteiger partial charge in [0.2, 0.25) is 11.8 Å². The van der Waals surface area contributed by atoms with E-state index in [1.165, 1.54) is 6.92 Å². The largest absolute Gasteiger partial charge is 0.338 e. The van der Waals surface area contributed by atoms with Gasteiger partial charge < -0.3 is 15.2 Å². The highest BCUT2D eigenvalue weighted by molar-refractivity contribution is 9.10. The second kappa shape index (κ2) is 6.88. The molecule has 0 bridgehead atoms. The number of benzene rings is 2. The summed E-state index contributed by atoms with van der Waals surface area (Å²) in [7, 11) is 0. The van der Waals surface area contributed by atoms with Crippen LogP contribution in [-0.4, -0.2) is 16.4 Å². The molecule has 0 fully saturated rings. The minimum atomic E-state index is -0.150. The predicted octanol–water partition coefficient (Wildman–Crippen LogP) is 4.00. The average Bonchev–Trinajstić information content (AvgIpc) is 2.89. The van der Waals surface area contributed by atoms with Crippen LogP contribution >= 0.6 is 15.9 Å². The molecule has 0 radical (unpaired) electrons. The minimum Gasteiger partial charge on any atom is -0.338 e. The Hall–Kier alpha value is -2.60. The van der Waals surface area contributed by atoms with Gasteiger partial charge in [0, 0.05) is 34.5 Å². The first-order valence-corrected chi connectivity index (χ1v) is 8.22. The van der Waals surface area contributed by atoms with Gasteiger partial charge in [-0.1, -0.05) is 28.1 Å². The molecule has 0 aliphatic rings. The van der Waals surface area contributed by atoms with Crippen molar-refractivity contribution >= 4 is 50.0 Å². The van der Waals surface area contributed by atoms with E-state index in [-0.39, 0.29) is 18.4 Å². The monoisotopic (exact) mass is 385 g/mol. The van der Waals surface area contributed by atoms with E-state index in [9.17, 15) is 9.59 Å². The SMILES string of the molecule is CC(=O)Nc1cccc(NC(=O)Cn2ccc3ccc(Br)cc32)c1. The number of carbonyl (C=O) groups excluding carboxylic acids is 2. The van der Waals surface area contributed by atoms with Crippen molar-refractivity contribution in [3.8, 4) is 0 Å². The topological polar surface area (TPSA) is 63.1 Å². The van der Waals surface area contributed by atoms with Crippen LogP contribution in [0.2, 0.25) is 0 Å². The zero-order chi connectivity index (χ0) is 17.1. The Morgan fingerprint density at radius 3 is 2.54 bits per heavy atom. The summed E-state index contributed by atoms with van der Waals surface area (Å²) in [5.41, 5.74) is 2.28. The molecule has 3 aromatic rings. The van der Waals surface area contributed by atoms with Crippen LogP contribution in [0, 0.1) is 0 Å². The number of halogens is 1. The lowest BCUT2D eigenvalue weighted by molar-refractivity contribution is -0.116. The summed E-state index contributed by atoms with van der Waals surface area (Å²) in [6, 6.07) is 15.0. The summed E-state index contributed by atoms with van der Waals surface area (Å²) in [6.45, 7) is 1.66. The van der Waals surface area contributed by atoms with E-state index in [1.807, 2.05) is 35.0 Å². The molecule has 1 heterocycles. The van der Waals surface area contributed by atoms with E-state index < -0.39 is 0 Å². The fourth-order valence-corrected chi connectivity index (χ4v) is 2.88. The first-order chi connectivity index (χ1) is 11.5. The minimum absolute atomic E-state index is 0.132. The second-order valence-electron chi connectivity index (χ2n) is 5.46. The van der Waals surface area contributed by atoms with Gasteiger partial charge in [-0.05, 0) is 41.8 Å². The van der Waals surface area contributed by atoms with Crippen molar-refractivity contribution in [3.63, 3.8) is 0 Å². The molecule has 2 amide bonds. The van der Waals surface area contributed by atoms with Crippen molar-refractivity contribution in [3.05, 3.63) is 59.2 Å². The van der Waals surface area contributed by atoms with Crippen molar-refractivity contribution in [2.75, 3.05) is 10.6 Å². The lowest BCUT2D eigenvalue weighted by Crippen LogP contribution is -2.18. The molecular formula is C18H16BrN3O2. The fourth-order valence-electron chi connectivity index (χ4n) is 2.53. The van der Waals surface area contributed by atoms with Gasteiger partial charge in [-0.15, -0.1) is 0 Å². The van der Waals surface area contributed by atoms with E-state index in [2.05, 4.69) is 26.6 Å². The highest BCUT2D eigenvalue weighted by Gasteiger charge is 2.08. The summed E-state index contributed by atoms with van der Waals surface area (Å²) < 4.78 is 2.87. The van der Waals surface area contributed by atoms with Gasteiger partial charge in [-0.2, -0.15) is 0 Å². The number of aromatic nitrogens is 1. The van der Waals surface area contributed by atoms with Crippen LogP contribution in [0.3, 0.4) is 0 Å². The van der Waals surface area contributed by atoms with E-state index in [0.717, 1.165) is 15.4 Å². The lowest BCUT2D eigenvalue weighted by Gasteiger charge is -2.09. The summed E-state index contributed by atoms with van der Waals surface area (Å²) >= 11 is 3.45. The van der Waals surface area contributed by atoms with Gasteiger partial charge in [0.05, 0.1) is 0 Å². The smallest absolute Gasteiger partial charge is 0.244 e. The number of amides is 2. The van der Waals surface area contributed by atoms with Crippen molar-refractivity contribution in [2.45, 2.75) is 13.5 Å². The van der Waals surface area contributed by atoms with Crippen molar-refractivity contribution in [1.29, 1.82) is 0 Å². The molecule has 0 saturated carbocycles. The van der Waals surface area contributed by atoms with Crippen LogP contribution in [0.15, 0.2) is 59.2 Å². The maximum absolute atomic E-state index is 12.3. The molecule has 0 aliphatic carbocycles. The van der Waals surface area contributed by atoms with Crippen LogP contribution in [0.1, 0.15) is 6.92 Å². The zero-order valence-electron chi connectivity index (χ0n) is 13.0.